The van der Waals surface area contributed by atoms with Crippen LogP contribution in [-0.4, -0.2) is 19.5 Å². The molecule has 0 amide bonds. The number of hydrogen-bond acceptors (Lipinski definition) is 3. The maximum Gasteiger partial charge on any atom is 0.223 e. The summed E-state index contributed by atoms with van der Waals surface area (Å²) in [5.41, 5.74) is 4.73. The van der Waals surface area contributed by atoms with Gasteiger partial charge in [-0.25, -0.2) is 0 Å². The number of hydrogen-bond donors (Lipinski definition) is 0. The van der Waals surface area contributed by atoms with Gasteiger partial charge >= 0.3 is 0 Å². The fourth-order valence-electron chi connectivity index (χ4n) is 3.03. The molecule has 0 bridgehead atoms. The van der Waals surface area contributed by atoms with Gasteiger partial charge in [0.2, 0.25) is 5.79 Å². The van der Waals surface area contributed by atoms with Crippen LogP contribution in [0.5, 0.6) is 0 Å². The molecule has 3 nitrogen and oxygen atoms in total. The zero-order valence-electron chi connectivity index (χ0n) is 12.6. The molecule has 0 radical (unpaired) electrons. The van der Waals surface area contributed by atoms with Crippen LogP contribution < -0.4 is 0 Å². The summed E-state index contributed by atoms with van der Waals surface area (Å²) in [4.78, 5) is 11.0. The van der Waals surface area contributed by atoms with Crippen LogP contribution in [0, 0.1) is 0 Å². The first kappa shape index (κ1) is 17.9. The summed E-state index contributed by atoms with van der Waals surface area (Å²) in [7, 11) is 0. The van der Waals surface area contributed by atoms with Crippen LogP contribution in [-0.2, 0) is 15.3 Å². The Morgan fingerprint density at radius 3 is 2.17 bits per heavy atom. The second-order valence-electron chi connectivity index (χ2n) is 4.93. The maximum absolute atomic E-state index is 11.0. The third-order valence-electron chi connectivity index (χ3n) is 3.85. The van der Waals surface area contributed by atoms with E-state index in [4.69, 9.17) is 9.47 Å². The van der Waals surface area contributed by atoms with E-state index in [2.05, 4.69) is 22.0 Å². The molecule has 1 saturated heterocycles. The van der Waals surface area contributed by atoms with E-state index in [0.29, 0.717) is 18.8 Å². The third kappa shape index (κ3) is 2.65. The molecule has 0 saturated carbocycles. The SMILES string of the molecule is C.CC.O=Cc1ccc2c(c1)C1(OCCO1)c1cc(Br)ccc1-2. The number of carbonyl (C=O) groups excluding carboxylic acids is 1. The molecule has 2 aliphatic rings. The van der Waals surface area contributed by atoms with Gasteiger partial charge in [-0.1, -0.05) is 55.4 Å². The smallest absolute Gasteiger partial charge is 0.223 e. The summed E-state index contributed by atoms with van der Waals surface area (Å²) in [6.07, 6.45) is 0.849. The molecule has 1 aliphatic heterocycles. The third-order valence-corrected chi connectivity index (χ3v) is 4.35. The van der Waals surface area contributed by atoms with E-state index in [1.165, 1.54) is 0 Å². The van der Waals surface area contributed by atoms with Gasteiger partial charge in [-0.15, -0.1) is 0 Å². The quantitative estimate of drug-likeness (QED) is 0.645. The second kappa shape index (κ2) is 6.95. The van der Waals surface area contributed by atoms with Gasteiger partial charge in [-0.05, 0) is 29.3 Å². The Balaban J connectivity index is 0.000000617. The highest BCUT2D eigenvalue weighted by Crippen LogP contribution is 2.52. The van der Waals surface area contributed by atoms with Gasteiger partial charge in [0.05, 0.1) is 13.2 Å². The molecular weight excluding hydrogens is 356 g/mol. The van der Waals surface area contributed by atoms with Crippen molar-refractivity contribution < 1.29 is 14.3 Å². The molecular formula is C19H21BrO3. The van der Waals surface area contributed by atoms with Crippen LogP contribution in [0.2, 0.25) is 0 Å². The van der Waals surface area contributed by atoms with Gasteiger partial charge in [-0.2, -0.15) is 0 Å². The number of rotatable bonds is 1. The molecule has 122 valence electrons. The predicted molar refractivity (Wildman–Crippen MR) is 95.7 cm³/mol. The Kier molecular flexibility index (Phi) is 5.40. The molecule has 0 unspecified atom stereocenters. The zero-order valence-corrected chi connectivity index (χ0v) is 14.1. The highest BCUT2D eigenvalue weighted by atomic mass is 79.9. The molecule has 0 atom stereocenters. The van der Waals surface area contributed by atoms with Crippen molar-refractivity contribution in [3.8, 4) is 11.1 Å². The van der Waals surface area contributed by atoms with Crippen molar-refractivity contribution in [2.75, 3.05) is 13.2 Å². The van der Waals surface area contributed by atoms with E-state index in [-0.39, 0.29) is 7.43 Å². The standard InChI is InChI=1S/C16H11BrO3.C2H6.CH4/c17-11-2-4-13-12-3-1-10(9-18)7-14(12)16(15(13)8-11)19-5-6-20-16;1-2;/h1-4,7-9H,5-6H2;1-2H3;1H4. The number of ether oxygens (including phenoxy) is 2. The minimum absolute atomic E-state index is 0. The van der Waals surface area contributed by atoms with Gasteiger partial charge in [-0.3, -0.25) is 4.79 Å². The zero-order chi connectivity index (χ0) is 15.7. The summed E-state index contributed by atoms with van der Waals surface area (Å²) in [6.45, 7) is 5.10. The normalized spacial score (nSPS) is 16.0. The van der Waals surface area contributed by atoms with Crippen LogP contribution in [0.1, 0.15) is 42.8 Å². The van der Waals surface area contributed by atoms with Crippen molar-refractivity contribution in [3.05, 3.63) is 57.6 Å². The van der Waals surface area contributed by atoms with Crippen molar-refractivity contribution in [2.24, 2.45) is 0 Å². The molecule has 0 aromatic heterocycles. The number of benzene rings is 2. The molecule has 2 aromatic rings. The fourth-order valence-corrected chi connectivity index (χ4v) is 3.40. The molecule has 1 aliphatic carbocycles. The van der Waals surface area contributed by atoms with Crippen LogP contribution in [0.15, 0.2) is 40.9 Å². The van der Waals surface area contributed by atoms with Crippen LogP contribution in [0.25, 0.3) is 11.1 Å². The van der Waals surface area contributed by atoms with Crippen LogP contribution in [0.3, 0.4) is 0 Å². The number of halogens is 1. The van der Waals surface area contributed by atoms with E-state index >= 15 is 0 Å². The Labute approximate surface area is 145 Å². The minimum atomic E-state index is -0.854. The summed E-state index contributed by atoms with van der Waals surface area (Å²) >= 11 is 3.50. The number of fused-ring (bicyclic) bond motifs is 5. The number of carbonyl (C=O) groups is 1. The Morgan fingerprint density at radius 1 is 1.00 bits per heavy atom. The first-order valence-electron chi connectivity index (χ1n) is 7.43. The van der Waals surface area contributed by atoms with Gasteiger partial charge < -0.3 is 9.47 Å². The fraction of sp³-hybridized carbons (Fsp3) is 0.316. The van der Waals surface area contributed by atoms with Crippen molar-refractivity contribution in [1.29, 1.82) is 0 Å². The van der Waals surface area contributed by atoms with Gasteiger partial charge in [0.1, 0.15) is 6.29 Å². The van der Waals surface area contributed by atoms with Crippen molar-refractivity contribution in [1.82, 2.24) is 0 Å². The molecule has 4 heteroatoms. The first-order valence-corrected chi connectivity index (χ1v) is 8.22. The summed E-state index contributed by atoms with van der Waals surface area (Å²) in [6, 6.07) is 11.7. The molecule has 0 N–H and O–H groups in total. The second-order valence-corrected chi connectivity index (χ2v) is 5.84. The lowest BCUT2D eigenvalue weighted by Gasteiger charge is -2.24. The lowest BCUT2D eigenvalue weighted by atomic mass is 10.0. The van der Waals surface area contributed by atoms with Gasteiger partial charge in [0, 0.05) is 21.2 Å². The lowest BCUT2D eigenvalue weighted by Crippen LogP contribution is -2.26. The Morgan fingerprint density at radius 2 is 1.57 bits per heavy atom. The van der Waals surface area contributed by atoms with E-state index < -0.39 is 5.79 Å². The van der Waals surface area contributed by atoms with E-state index in [9.17, 15) is 4.79 Å². The van der Waals surface area contributed by atoms with Crippen molar-refractivity contribution >= 4 is 22.2 Å². The average molecular weight is 377 g/mol. The monoisotopic (exact) mass is 376 g/mol. The maximum atomic E-state index is 11.0. The first-order chi connectivity index (χ1) is 10.7. The van der Waals surface area contributed by atoms with E-state index in [1.807, 2.05) is 44.2 Å². The summed E-state index contributed by atoms with van der Waals surface area (Å²) in [5, 5.41) is 0. The number of aldehydes is 1. The van der Waals surface area contributed by atoms with Gasteiger partial charge in [0.25, 0.3) is 0 Å². The molecule has 4 rings (SSSR count). The van der Waals surface area contributed by atoms with Crippen molar-refractivity contribution in [2.45, 2.75) is 27.1 Å². The lowest BCUT2D eigenvalue weighted by molar-refractivity contribution is -0.126. The molecule has 23 heavy (non-hydrogen) atoms. The summed E-state index contributed by atoms with van der Waals surface area (Å²) < 4.78 is 12.9. The molecule has 2 aromatic carbocycles. The van der Waals surface area contributed by atoms with Crippen molar-refractivity contribution in [3.63, 3.8) is 0 Å². The van der Waals surface area contributed by atoms with Crippen LogP contribution >= 0.6 is 15.9 Å². The average Bonchev–Trinajstić information content (AvgIpc) is 3.15. The largest absolute Gasteiger partial charge is 0.340 e. The highest BCUT2D eigenvalue weighted by molar-refractivity contribution is 9.10. The molecule has 1 spiro atoms. The Hall–Kier alpha value is -1.49. The predicted octanol–water partition coefficient (Wildman–Crippen LogP) is 5.15. The van der Waals surface area contributed by atoms with Gasteiger partial charge in [0.15, 0.2) is 0 Å². The van der Waals surface area contributed by atoms with E-state index in [1.54, 1.807) is 0 Å². The topological polar surface area (TPSA) is 35.5 Å². The van der Waals surface area contributed by atoms with E-state index in [0.717, 1.165) is 33.0 Å². The summed E-state index contributed by atoms with van der Waals surface area (Å²) in [5.74, 6) is -0.854. The van der Waals surface area contributed by atoms with Crippen LogP contribution in [0.4, 0.5) is 0 Å². The Bertz CT molecular complexity index is 719. The molecule has 1 heterocycles. The molecule has 1 fully saturated rings. The highest BCUT2D eigenvalue weighted by Gasteiger charge is 2.48. The minimum Gasteiger partial charge on any atom is -0.340 e.